The predicted octanol–water partition coefficient (Wildman–Crippen LogP) is 5.74. The molecule has 0 saturated carbocycles. The summed E-state index contributed by atoms with van der Waals surface area (Å²) in [5, 5.41) is 15.2. The summed E-state index contributed by atoms with van der Waals surface area (Å²) in [6.45, 7) is 4.41. The van der Waals surface area contributed by atoms with Crippen molar-refractivity contribution in [2.24, 2.45) is 0 Å². The number of hydrogen-bond donors (Lipinski definition) is 2. The van der Waals surface area contributed by atoms with Crippen LogP contribution >= 0.6 is 12.2 Å². The lowest BCUT2D eigenvalue weighted by molar-refractivity contribution is 0.0977. The van der Waals surface area contributed by atoms with Gasteiger partial charge in [0.25, 0.3) is 5.91 Å². The molecular formula is C29H25N5O2S. The molecule has 0 unspecified atom stereocenters. The van der Waals surface area contributed by atoms with Crippen LogP contribution in [0.25, 0.3) is 16.7 Å². The van der Waals surface area contributed by atoms with Crippen LogP contribution in [0.15, 0.2) is 91.0 Å². The maximum absolute atomic E-state index is 12.8. The van der Waals surface area contributed by atoms with Gasteiger partial charge >= 0.3 is 0 Å². The van der Waals surface area contributed by atoms with Crippen molar-refractivity contribution < 1.29 is 9.53 Å². The quantitative estimate of drug-likeness (QED) is 0.285. The average Bonchev–Trinajstić information content (AvgIpc) is 3.31. The first-order valence-electron chi connectivity index (χ1n) is 11.8. The Morgan fingerprint density at radius 2 is 1.62 bits per heavy atom. The first kappa shape index (κ1) is 24.1. The number of rotatable bonds is 6. The Bertz CT molecular complexity index is 1580. The summed E-state index contributed by atoms with van der Waals surface area (Å²) in [6, 6.07) is 28.7. The van der Waals surface area contributed by atoms with Gasteiger partial charge in [-0.2, -0.15) is 4.80 Å². The molecule has 37 heavy (non-hydrogen) atoms. The van der Waals surface area contributed by atoms with Crippen molar-refractivity contribution in [3.8, 4) is 11.4 Å². The maximum atomic E-state index is 12.8. The fraction of sp³-hybridized carbons (Fsp3) is 0.103. The smallest absolute Gasteiger partial charge is 0.257 e. The third-order valence-electron chi connectivity index (χ3n) is 5.81. The Hall–Kier alpha value is -4.56. The van der Waals surface area contributed by atoms with Crippen LogP contribution in [-0.4, -0.2) is 26.0 Å². The minimum absolute atomic E-state index is 0.189. The number of amides is 1. The van der Waals surface area contributed by atoms with Gasteiger partial charge in [-0.1, -0.05) is 54.1 Å². The number of aromatic nitrogens is 3. The first-order chi connectivity index (χ1) is 17.9. The van der Waals surface area contributed by atoms with Crippen LogP contribution in [0.1, 0.15) is 27.0 Å². The number of hydrogen-bond acceptors (Lipinski definition) is 5. The van der Waals surface area contributed by atoms with Gasteiger partial charge in [0.1, 0.15) is 23.4 Å². The molecule has 1 heterocycles. The highest BCUT2D eigenvalue weighted by Crippen LogP contribution is 2.22. The summed E-state index contributed by atoms with van der Waals surface area (Å²) in [7, 11) is 0. The van der Waals surface area contributed by atoms with Crippen molar-refractivity contribution in [1.29, 1.82) is 0 Å². The van der Waals surface area contributed by atoms with E-state index in [0.29, 0.717) is 23.4 Å². The number of carbonyl (C=O) groups excluding carboxylic acids is 1. The van der Waals surface area contributed by atoms with Crippen molar-refractivity contribution in [1.82, 2.24) is 20.3 Å². The second-order valence-corrected chi connectivity index (χ2v) is 9.10. The fourth-order valence-corrected chi connectivity index (χ4v) is 4.00. The Labute approximate surface area is 220 Å². The SMILES string of the molecule is Cc1ccc(-n2nc3cc(C)c(NC(=S)NC(=O)c4cccc(OCc5ccccc5)c4)cc3n2)cc1. The number of thiocarbonyl (C=S) groups is 1. The van der Waals surface area contributed by atoms with Gasteiger partial charge in [0.2, 0.25) is 0 Å². The number of carbonyl (C=O) groups is 1. The van der Waals surface area contributed by atoms with Gasteiger partial charge in [0.05, 0.1) is 5.69 Å². The van der Waals surface area contributed by atoms with Gasteiger partial charge < -0.3 is 10.1 Å². The van der Waals surface area contributed by atoms with Crippen LogP contribution in [0.3, 0.4) is 0 Å². The monoisotopic (exact) mass is 507 g/mol. The first-order valence-corrected chi connectivity index (χ1v) is 12.2. The zero-order valence-corrected chi connectivity index (χ0v) is 21.3. The van der Waals surface area contributed by atoms with Crippen LogP contribution in [0, 0.1) is 13.8 Å². The maximum Gasteiger partial charge on any atom is 0.257 e. The lowest BCUT2D eigenvalue weighted by atomic mass is 10.2. The number of nitrogens with zero attached hydrogens (tertiary/aromatic N) is 3. The standard InChI is InChI=1S/C29H25N5O2S/c1-19-11-13-23(14-12-19)34-32-26-15-20(2)25(17-27(26)33-34)30-29(37)31-28(35)22-9-6-10-24(16-22)36-18-21-7-4-3-5-8-21/h3-17H,18H2,1-2H3,(H2,30,31,35,37). The van der Waals surface area contributed by atoms with Crippen LogP contribution in [0.5, 0.6) is 5.75 Å². The highest BCUT2D eigenvalue weighted by Gasteiger charge is 2.13. The fourth-order valence-electron chi connectivity index (χ4n) is 3.79. The van der Waals surface area contributed by atoms with Crippen molar-refractivity contribution in [3.63, 3.8) is 0 Å². The van der Waals surface area contributed by atoms with Crippen LogP contribution in [-0.2, 0) is 6.61 Å². The summed E-state index contributed by atoms with van der Waals surface area (Å²) in [6.07, 6.45) is 0. The van der Waals surface area contributed by atoms with E-state index in [2.05, 4.69) is 20.8 Å². The second-order valence-electron chi connectivity index (χ2n) is 8.69. The van der Waals surface area contributed by atoms with E-state index >= 15 is 0 Å². The number of anilines is 1. The largest absolute Gasteiger partial charge is 0.489 e. The molecule has 8 heteroatoms. The molecule has 1 amide bonds. The van der Waals surface area contributed by atoms with Gasteiger partial charge in [-0.3, -0.25) is 10.1 Å². The van der Waals surface area contributed by atoms with E-state index in [-0.39, 0.29) is 11.0 Å². The molecule has 0 fully saturated rings. The number of ether oxygens (including phenoxy) is 1. The third kappa shape index (κ3) is 5.82. The molecule has 0 aliphatic heterocycles. The van der Waals surface area contributed by atoms with Gasteiger partial charge in [-0.15, -0.1) is 10.2 Å². The zero-order valence-electron chi connectivity index (χ0n) is 20.4. The average molecular weight is 508 g/mol. The van der Waals surface area contributed by atoms with Crippen LogP contribution < -0.4 is 15.4 Å². The second kappa shape index (κ2) is 10.6. The normalized spacial score (nSPS) is 10.8. The van der Waals surface area contributed by atoms with Gasteiger partial charge in [-0.25, -0.2) is 0 Å². The molecule has 0 aliphatic carbocycles. The molecule has 0 aliphatic rings. The van der Waals surface area contributed by atoms with Crippen LogP contribution in [0.2, 0.25) is 0 Å². The van der Waals surface area contributed by atoms with E-state index < -0.39 is 0 Å². The summed E-state index contributed by atoms with van der Waals surface area (Å²) in [4.78, 5) is 14.4. The number of nitrogens with one attached hydrogen (secondary N) is 2. The summed E-state index contributed by atoms with van der Waals surface area (Å²) in [5.41, 5.74) is 6.70. The third-order valence-corrected chi connectivity index (χ3v) is 6.02. The minimum Gasteiger partial charge on any atom is -0.489 e. The summed E-state index contributed by atoms with van der Waals surface area (Å²) < 4.78 is 5.84. The molecule has 0 saturated heterocycles. The molecular weight excluding hydrogens is 482 g/mol. The molecule has 2 N–H and O–H groups in total. The van der Waals surface area contributed by atoms with Gasteiger partial charge in [0, 0.05) is 11.3 Å². The highest BCUT2D eigenvalue weighted by molar-refractivity contribution is 7.80. The molecule has 184 valence electrons. The lowest BCUT2D eigenvalue weighted by Gasteiger charge is -2.12. The number of fused-ring (bicyclic) bond motifs is 1. The van der Waals surface area contributed by atoms with Crippen molar-refractivity contribution in [3.05, 3.63) is 113 Å². The Morgan fingerprint density at radius 1 is 0.892 bits per heavy atom. The van der Waals surface area contributed by atoms with E-state index in [9.17, 15) is 4.79 Å². The Balaban J connectivity index is 1.25. The molecule has 4 aromatic carbocycles. The molecule has 7 nitrogen and oxygen atoms in total. The van der Waals surface area contributed by atoms with E-state index in [4.69, 9.17) is 17.0 Å². The van der Waals surface area contributed by atoms with E-state index in [1.54, 1.807) is 23.0 Å². The van der Waals surface area contributed by atoms with Gasteiger partial charge in [0.15, 0.2) is 5.11 Å². The van der Waals surface area contributed by atoms with Crippen molar-refractivity contribution in [2.75, 3.05) is 5.32 Å². The van der Waals surface area contributed by atoms with Crippen molar-refractivity contribution >= 4 is 40.0 Å². The highest BCUT2D eigenvalue weighted by atomic mass is 32.1. The molecule has 1 aromatic heterocycles. The molecule has 5 aromatic rings. The number of benzene rings is 4. The Kier molecular flexibility index (Phi) is 6.91. The molecule has 0 radical (unpaired) electrons. The predicted molar refractivity (Wildman–Crippen MR) is 149 cm³/mol. The van der Waals surface area contributed by atoms with Crippen molar-refractivity contribution in [2.45, 2.75) is 20.5 Å². The summed E-state index contributed by atoms with van der Waals surface area (Å²) in [5.74, 6) is 0.278. The van der Waals surface area contributed by atoms with E-state index in [1.807, 2.05) is 86.6 Å². The number of aryl methyl sites for hydroxylation is 2. The Morgan fingerprint density at radius 3 is 2.38 bits per heavy atom. The molecule has 5 rings (SSSR count). The lowest BCUT2D eigenvalue weighted by Crippen LogP contribution is -2.34. The topological polar surface area (TPSA) is 81.1 Å². The minimum atomic E-state index is -0.327. The zero-order chi connectivity index (χ0) is 25.8. The summed E-state index contributed by atoms with van der Waals surface area (Å²) >= 11 is 5.42. The van der Waals surface area contributed by atoms with Crippen LogP contribution in [0.4, 0.5) is 5.69 Å². The molecule has 0 spiro atoms. The molecule has 0 bridgehead atoms. The van der Waals surface area contributed by atoms with E-state index in [1.165, 1.54) is 5.56 Å². The van der Waals surface area contributed by atoms with Gasteiger partial charge in [-0.05, 0) is 79.7 Å². The van der Waals surface area contributed by atoms with E-state index in [0.717, 1.165) is 28.0 Å². The molecule has 0 atom stereocenters.